The van der Waals surface area contributed by atoms with Crippen LogP contribution in [0.2, 0.25) is 0 Å². The molecule has 4 heteroatoms. The number of rotatable bonds is 2. The number of hydrogen-bond donors (Lipinski definition) is 0. The van der Waals surface area contributed by atoms with Crippen molar-refractivity contribution in [2.45, 2.75) is 48.5 Å². The minimum atomic E-state index is 1.11. The number of halogens is 2. The lowest BCUT2D eigenvalue weighted by atomic mass is 9.88. The third kappa shape index (κ3) is 3.37. The summed E-state index contributed by atoms with van der Waals surface area (Å²) in [6.07, 6.45) is 0. The van der Waals surface area contributed by atoms with Gasteiger partial charge >= 0.3 is 0 Å². The van der Waals surface area contributed by atoms with Gasteiger partial charge in [-0.2, -0.15) is 0 Å². The van der Waals surface area contributed by atoms with Gasteiger partial charge in [-0.1, -0.05) is 17.7 Å². The molecule has 0 saturated heterocycles. The van der Waals surface area contributed by atoms with E-state index < -0.39 is 0 Å². The van der Waals surface area contributed by atoms with E-state index in [1.165, 1.54) is 57.5 Å². The molecule has 0 aliphatic carbocycles. The molecule has 3 rings (SSSR count). The predicted molar refractivity (Wildman–Crippen MR) is 134 cm³/mol. The average Bonchev–Trinajstić information content (AvgIpc) is 2.94. The average molecular weight is 584 g/mol. The van der Waals surface area contributed by atoms with Crippen LogP contribution in [0.25, 0.3) is 5.57 Å². The van der Waals surface area contributed by atoms with E-state index >= 15 is 0 Å². The van der Waals surface area contributed by atoms with E-state index in [1.54, 1.807) is 0 Å². The molecule has 0 amide bonds. The smallest absolute Gasteiger partial charge is 0.0773 e. The first-order valence-corrected chi connectivity index (χ1v) is 11.3. The van der Waals surface area contributed by atoms with Crippen LogP contribution < -0.4 is 0 Å². The highest BCUT2D eigenvalue weighted by Crippen LogP contribution is 2.42. The van der Waals surface area contributed by atoms with Gasteiger partial charge in [0, 0.05) is 25.5 Å². The van der Waals surface area contributed by atoms with Gasteiger partial charge in [0.25, 0.3) is 0 Å². The fourth-order valence-corrected chi connectivity index (χ4v) is 5.13. The van der Waals surface area contributed by atoms with Crippen molar-refractivity contribution in [3.8, 4) is 0 Å². The fourth-order valence-electron chi connectivity index (χ4n) is 4.14. The van der Waals surface area contributed by atoms with Gasteiger partial charge in [0.2, 0.25) is 0 Å². The van der Waals surface area contributed by atoms with Gasteiger partial charge in [0.15, 0.2) is 0 Å². The topological polar surface area (TPSA) is 17.3 Å². The molecule has 0 atom stereocenters. The third-order valence-corrected chi connectivity index (χ3v) is 8.70. The predicted octanol–water partition coefficient (Wildman–Crippen LogP) is 7.11. The van der Waals surface area contributed by atoms with Crippen LogP contribution >= 0.6 is 45.2 Å². The molecule has 1 aromatic carbocycles. The molecule has 1 aromatic heterocycles. The largest absolute Gasteiger partial charge is 0.347 e. The van der Waals surface area contributed by atoms with Crippen molar-refractivity contribution in [1.82, 2.24) is 4.57 Å². The first-order valence-electron chi connectivity index (χ1n) is 9.12. The van der Waals surface area contributed by atoms with Crippen LogP contribution in [0.1, 0.15) is 53.1 Å². The molecule has 0 fully saturated rings. The number of allylic oxidation sites excluding steroid dienone is 2. The van der Waals surface area contributed by atoms with Crippen LogP contribution in [-0.4, -0.2) is 10.3 Å². The van der Waals surface area contributed by atoms with Crippen molar-refractivity contribution in [2.75, 3.05) is 0 Å². The van der Waals surface area contributed by atoms with Crippen LogP contribution in [0, 0.1) is 38.2 Å². The van der Waals surface area contributed by atoms with Gasteiger partial charge in [-0.3, -0.25) is 4.99 Å². The quantitative estimate of drug-likeness (QED) is 0.335. The summed E-state index contributed by atoms with van der Waals surface area (Å²) in [7, 11) is 2.18. The Labute approximate surface area is 190 Å². The molecule has 1 aliphatic heterocycles. The van der Waals surface area contributed by atoms with Crippen LogP contribution in [0.15, 0.2) is 32.0 Å². The van der Waals surface area contributed by atoms with E-state index in [1.807, 2.05) is 0 Å². The highest BCUT2D eigenvalue weighted by molar-refractivity contribution is 14.1. The Morgan fingerprint density at radius 2 is 1.48 bits per heavy atom. The molecule has 2 nitrogen and oxygen atoms in total. The zero-order valence-electron chi connectivity index (χ0n) is 17.3. The van der Waals surface area contributed by atoms with Gasteiger partial charge in [-0.05, 0) is 121 Å². The molecule has 27 heavy (non-hydrogen) atoms. The standard InChI is InChI=1S/C23H26I2N2/c1-11-9-12(2)18(13(3)10-11)19(22-14(4)20(24)16(6)26-22)23-15(5)21(25)17(7)27(23)8/h9-10H,1-8H3/b22-19-. The van der Waals surface area contributed by atoms with Gasteiger partial charge in [-0.15, -0.1) is 0 Å². The second-order valence-corrected chi connectivity index (χ2v) is 9.72. The van der Waals surface area contributed by atoms with Gasteiger partial charge < -0.3 is 4.57 Å². The second kappa shape index (κ2) is 7.50. The van der Waals surface area contributed by atoms with Crippen LogP contribution in [0.4, 0.5) is 0 Å². The Morgan fingerprint density at radius 1 is 0.926 bits per heavy atom. The second-order valence-electron chi connectivity index (χ2n) is 7.57. The molecule has 0 radical (unpaired) electrons. The SMILES string of the molecule is CC1=N/C(=C(/c2c(C)cc(C)cc2C)c2c(C)c(I)c(C)n2C)C(C)=C1I. The van der Waals surface area contributed by atoms with E-state index in [-0.39, 0.29) is 0 Å². The van der Waals surface area contributed by atoms with Crippen LogP contribution in [-0.2, 0) is 7.05 Å². The Hall–Kier alpha value is -0.890. The summed E-state index contributed by atoms with van der Waals surface area (Å²) in [6.45, 7) is 15.4. The molecule has 0 bridgehead atoms. The van der Waals surface area contributed by atoms with Crippen LogP contribution in [0.5, 0.6) is 0 Å². The fraction of sp³-hybridized carbons (Fsp3) is 0.348. The third-order valence-electron chi connectivity index (χ3n) is 5.52. The molecular weight excluding hydrogens is 558 g/mol. The number of nitrogens with zero attached hydrogens (tertiary/aromatic N) is 2. The molecule has 142 valence electrons. The molecule has 2 heterocycles. The number of aryl methyl sites for hydroxylation is 3. The lowest BCUT2D eigenvalue weighted by Crippen LogP contribution is -2.06. The first-order chi connectivity index (χ1) is 12.6. The first kappa shape index (κ1) is 20.8. The summed E-state index contributed by atoms with van der Waals surface area (Å²) in [4.78, 5) is 5.03. The highest BCUT2D eigenvalue weighted by Gasteiger charge is 2.27. The maximum absolute atomic E-state index is 5.03. The molecule has 1 aliphatic rings. The Kier molecular flexibility index (Phi) is 5.79. The number of aliphatic imine (C=N–C) groups is 1. The van der Waals surface area contributed by atoms with E-state index in [2.05, 4.69) is 117 Å². The molecular formula is C23H26I2N2. The van der Waals surface area contributed by atoms with E-state index in [9.17, 15) is 0 Å². The van der Waals surface area contributed by atoms with Crippen molar-refractivity contribution in [3.63, 3.8) is 0 Å². The summed E-state index contributed by atoms with van der Waals surface area (Å²) >= 11 is 4.90. The number of benzene rings is 1. The molecule has 0 N–H and O–H groups in total. The summed E-state index contributed by atoms with van der Waals surface area (Å²) in [6, 6.07) is 4.57. The number of aromatic nitrogens is 1. The van der Waals surface area contributed by atoms with Crippen LogP contribution in [0.3, 0.4) is 0 Å². The van der Waals surface area contributed by atoms with E-state index in [4.69, 9.17) is 4.99 Å². The van der Waals surface area contributed by atoms with Crippen molar-refractivity contribution in [3.05, 3.63) is 69.8 Å². The van der Waals surface area contributed by atoms with Gasteiger partial charge in [0.05, 0.1) is 17.1 Å². The maximum Gasteiger partial charge on any atom is 0.0773 e. The van der Waals surface area contributed by atoms with Crippen molar-refractivity contribution < 1.29 is 0 Å². The monoisotopic (exact) mass is 584 g/mol. The minimum Gasteiger partial charge on any atom is -0.347 e. The maximum atomic E-state index is 5.03. The normalized spacial score (nSPS) is 16.3. The van der Waals surface area contributed by atoms with Gasteiger partial charge in [0.1, 0.15) is 0 Å². The van der Waals surface area contributed by atoms with Crippen molar-refractivity contribution in [2.24, 2.45) is 12.0 Å². The Bertz CT molecular complexity index is 1010. The van der Waals surface area contributed by atoms with Crippen molar-refractivity contribution in [1.29, 1.82) is 0 Å². The lowest BCUT2D eigenvalue weighted by molar-refractivity contribution is 0.860. The van der Waals surface area contributed by atoms with E-state index in [0.717, 1.165) is 11.4 Å². The highest BCUT2D eigenvalue weighted by atomic mass is 127. The molecule has 0 spiro atoms. The zero-order chi connectivity index (χ0) is 20.2. The Balaban J connectivity index is 2.52. The molecule has 0 saturated carbocycles. The summed E-state index contributed by atoms with van der Waals surface area (Å²) in [5, 5.41) is 0. The van der Waals surface area contributed by atoms with E-state index in [0.29, 0.717) is 0 Å². The molecule has 0 unspecified atom stereocenters. The minimum absolute atomic E-state index is 1.11. The summed E-state index contributed by atoms with van der Waals surface area (Å²) in [5.41, 5.74) is 13.9. The summed E-state index contributed by atoms with van der Waals surface area (Å²) in [5.74, 6) is 0. The van der Waals surface area contributed by atoms with Gasteiger partial charge in [-0.25, -0.2) is 0 Å². The number of hydrogen-bond acceptors (Lipinski definition) is 1. The molecule has 2 aromatic rings. The zero-order valence-corrected chi connectivity index (χ0v) is 21.6. The lowest BCUT2D eigenvalue weighted by Gasteiger charge is -2.20. The Morgan fingerprint density at radius 3 is 1.89 bits per heavy atom. The summed E-state index contributed by atoms with van der Waals surface area (Å²) < 4.78 is 4.93. The van der Waals surface area contributed by atoms with Crippen molar-refractivity contribution >= 4 is 56.5 Å².